The molecule has 0 aliphatic rings. The largest absolute Gasteiger partial charge is 0.466 e. The van der Waals surface area contributed by atoms with Crippen LogP contribution in [0.25, 0.3) is 0 Å². The maximum absolute atomic E-state index is 10.2. The Morgan fingerprint density at radius 3 is 1.21 bits per heavy atom. The van der Waals surface area contributed by atoms with Gasteiger partial charge in [-0.05, 0) is 30.5 Å². The Balaban J connectivity index is -0.0000000500. The number of carbonyl (C=O) groups is 1. The van der Waals surface area contributed by atoms with Gasteiger partial charge in [-0.3, -0.25) is 4.79 Å². The maximum Gasteiger partial charge on any atom is 0.319 e. The van der Waals surface area contributed by atoms with Gasteiger partial charge in [0.1, 0.15) is 0 Å². The summed E-state index contributed by atoms with van der Waals surface area (Å²) in [5.74, 6) is -0.123. The zero-order valence-corrected chi connectivity index (χ0v) is 12.5. The molecule has 122 valence electrons. The van der Waals surface area contributed by atoms with Gasteiger partial charge in [0.05, 0.1) is 6.61 Å². The lowest BCUT2D eigenvalue weighted by Crippen LogP contribution is -2.00. The number of hydrogen-bond donors (Lipinski definition) is 6. The highest BCUT2D eigenvalue weighted by Crippen LogP contribution is 2.26. The monoisotopic (exact) mass is 362 g/mol. The topological polar surface area (TPSA) is 148 Å². The minimum absolute atomic E-state index is 0. The Bertz CT molecular complexity index is 250. The quantitative estimate of drug-likeness (QED) is 0.305. The van der Waals surface area contributed by atoms with Gasteiger partial charge in [-0.1, -0.05) is 21.8 Å². The van der Waals surface area contributed by atoms with Gasteiger partial charge in [0.25, 0.3) is 0 Å². The SMILES string of the molecule is C.C.CCOC(=O)CC.OP(O)(O)=S.OP(O)(O)=S. The Morgan fingerprint density at radius 1 is 0.947 bits per heavy atom. The zero-order valence-electron chi connectivity index (χ0n) is 9.12. The molecule has 0 atom stereocenters. The Labute approximate surface area is 124 Å². The Hall–Kier alpha value is 0.530. The van der Waals surface area contributed by atoms with Crippen LogP contribution in [0.2, 0.25) is 0 Å². The molecule has 0 saturated heterocycles. The van der Waals surface area contributed by atoms with Crippen LogP contribution in [0, 0.1) is 0 Å². The van der Waals surface area contributed by atoms with Gasteiger partial charge in [-0.25, -0.2) is 0 Å². The fourth-order valence-corrected chi connectivity index (χ4v) is 0.263. The first-order valence-corrected chi connectivity index (χ1v) is 9.35. The van der Waals surface area contributed by atoms with Crippen LogP contribution >= 0.6 is 13.4 Å². The van der Waals surface area contributed by atoms with Crippen molar-refractivity contribution in [2.45, 2.75) is 35.1 Å². The summed E-state index contributed by atoms with van der Waals surface area (Å²) >= 11 is 7.21. The predicted octanol–water partition coefficient (Wildman–Crippen LogP) is 0.607. The van der Waals surface area contributed by atoms with Crippen molar-refractivity contribution in [1.29, 1.82) is 0 Å². The van der Waals surface area contributed by atoms with Crippen molar-refractivity contribution in [3.63, 3.8) is 0 Å². The van der Waals surface area contributed by atoms with Crippen molar-refractivity contribution in [2.75, 3.05) is 6.61 Å². The minimum Gasteiger partial charge on any atom is -0.466 e. The average Bonchev–Trinajstić information content (AvgIpc) is 1.98. The third-order valence-corrected chi connectivity index (χ3v) is 0.594. The summed E-state index contributed by atoms with van der Waals surface area (Å²) in [6, 6.07) is 0. The van der Waals surface area contributed by atoms with Crippen molar-refractivity contribution < 1.29 is 38.9 Å². The van der Waals surface area contributed by atoms with E-state index in [0.29, 0.717) is 13.0 Å². The molecular formula is C7H24O8P2S2. The lowest BCUT2D eigenvalue weighted by atomic mass is 10.5. The highest BCUT2D eigenvalue weighted by molar-refractivity contribution is 8.06. The molecular weight excluding hydrogens is 338 g/mol. The van der Waals surface area contributed by atoms with Crippen molar-refractivity contribution in [1.82, 2.24) is 0 Å². The minimum atomic E-state index is -3.81. The van der Waals surface area contributed by atoms with E-state index in [9.17, 15) is 4.79 Å². The third kappa shape index (κ3) is 166. The lowest BCUT2D eigenvalue weighted by molar-refractivity contribution is -0.142. The molecule has 8 nitrogen and oxygen atoms in total. The molecule has 0 bridgehead atoms. The van der Waals surface area contributed by atoms with Gasteiger partial charge >= 0.3 is 19.4 Å². The van der Waals surface area contributed by atoms with Gasteiger partial charge in [0.2, 0.25) is 0 Å². The molecule has 0 aliphatic heterocycles. The van der Waals surface area contributed by atoms with Crippen LogP contribution in [0.1, 0.15) is 35.1 Å². The lowest BCUT2D eigenvalue weighted by Gasteiger charge is -1.93. The van der Waals surface area contributed by atoms with E-state index in [4.69, 9.17) is 29.4 Å². The highest BCUT2D eigenvalue weighted by Gasteiger charge is 1.93. The Kier molecular flexibility index (Phi) is 27.7. The van der Waals surface area contributed by atoms with Crippen LogP contribution in [-0.4, -0.2) is 41.9 Å². The van der Waals surface area contributed by atoms with Crippen LogP contribution in [0.15, 0.2) is 0 Å². The van der Waals surface area contributed by atoms with E-state index >= 15 is 0 Å². The summed E-state index contributed by atoms with van der Waals surface area (Å²) in [5, 5.41) is 0. The second-order valence-corrected chi connectivity index (χ2v) is 7.18. The second-order valence-electron chi connectivity index (χ2n) is 2.19. The first kappa shape index (κ1) is 31.8. The van der Waals surface area contributed by atoms with Crippen molar-refractivity contribution in [3.05, 3.63) is 0 Å². The second kappa shape index (κ2) is 16.6. The third-order valence-electron chi connectivity index (χ3n) is 0.594. The fraction of sp³-hybridized carbons (Fsp3) is 0.857. The molecule has 0 amide bonds. The summed E-state index contributed by atoms with van der Waals surface area (Å²) in [6.07, 6.45) is 0.480. The van der Waals surface area contributed by atoms with Gasteiger partial charge in [-0.2, -0.15) is 0 Å². The van der Waals surface area contributed by atoms with E-state index in [2.05, 4.69) is 28.4 Å². The first-order valence-electron chi connectivity index (χ1n) is 4.03. The van der Waals surface area contributed by atoms with Gasteiger partial charge < -0.3 is 34.1 Å². The summed E-state index contributed by atoms with van der Waals surface area (Å²) in [7, 11) is 0. The zero-order chi connectivity index (χ0) is 14.7. The summed E-state index contributed by atoms with van der Waals surface area (Å²) < 4.78 is 4.55. The molecule has 0 aliphatic carbocycles. The van der Waals surface area contributed by atoms with Gasteiger partial charge in [0.15, 0.2) is 0 Å². The number of ether oxygens (including phenoxy) is 1. The smallest absolute Gasteiger partial charge is 0.319 e. The maximum atomic E-state index is 10.2. The first-order chi connectivity index (χ1) is 7.31. The van der Waals surface area contributed by atoms with Crippen LogP contribution < -0.4 is 0 Å². The molecule has 6 N–H and O–H groups in total. The molecule has 0 rings (SSSR count). The van der Waals surface area contributed by atoms with Crippen molar-refractivity contribution in [3.8, 4) is 0 Å². The molecule has 0 saturated carbocycles. The molecule has 12 heteroatoms. The number of rotatable bonds is 2. The molecule has 0 aromatic rings. The number of hydrogen-bond acceptors (Lipinski definition) is 4. The van der Waals surface area contributed by atoms with Gasteiger partial charge in [-0.15, -0.1) is 0 Å². The van der Waals surface area contributed by atoms with Gasteiger partial charge in [0, 0.05) is 6.42 Å². The van der Waals surface area contributed by atoms with Crippen molar-refractivity contribution >= 4 is 43.0 Å². The normalized spacial score (nSPS) is 9.26. The molecule has 0 aromatic heterocycles. The van der Waals surface area contributed by atoms with E-state index < -0.39 is 13.4 Å². The van der Waals surface area contributed by atoms with E-state index in [1.807, 2.05) is 0 Å². The molecule has 19 heavy (non-hydrogen) atoms. The average molecular weight is 362 g/mol. The highest BCUT2D eigenvalue weighted by atomic mass is 32.5. The van der Waals surface area contributed by atoms with E-state index in [-0.39, 0.29) is 20.8 Å². The summed E-state index contributed by atoms with van der Waals surface area (Å²) in [4.78, 5) is 55.5. The number of carbonyl (C=O) groups excluding carboxylic acids is 1. The van der Waals surface area contributed by atoms with E-state index in [1.54, 1.807) is 13.8 Å². The molecule has 0 spiro atoms. The molecule has 0 fully saturated rings. The molecule has 0 aromatic carbocycles. The van der Waals surface area contributed by atoms with Crippen LogP contribution in [0.5, 0.6) is 0 Å². The van der Waals surface area contributed by atoms with Crippen LogP contribution in [0.3, 0.4) is 0 Å². The van der Waals surface area contributed by atoms with E-state index in [0.717, 1.165) is 0 Å². The molecule has 0 heterocycles. The van der Waals surface area contributed by atoms with Crippen LogP contribution in [0.4, 0.5) is 0 Å². The number of esters is 1. The van der Waals surface area contributed by atoms with Crippen LogP contribution in [-0.2, 0) is 33.1 Å². The predicted molar refractivity (Wildman–Crippen MR) is 82.3 cm³/mol. The van der Waals surface area contributed by atoms with E-state index in [1.165, 1.54) is 0 Å². The fourth-order valence-electron chi connectivity index (χ4n) is 0.263. The standard InChI is InChI=1S/C5H10O2.2CH4.2H3O3PS/c1-3-5(6)7-4-2;;;2*1-4(2,3)5/h3-4H2,1-2H3;2*1H4;2*(H3,1,2,3,5). The molecule has 0 unspecified atom stereocenters. The Morgan fingerprint density at radius 2 is 1.16 bits per heavy atom. The van der Waals surface area contributed by atoms with Crippen molar-refractivity contribution in [2.24, 2.45) is 0 Å². The summed E-state index contributed by atoms with van der Waals surface area (Å²) in [6.45, 7) is -3.54. The molecule has 0 radical (unpaired) electrons. The summed E-state index contributed by atoms with van der Waals surface area (Å²) in [5.41, 5.74) is 0.